The highest BCUT2D eigenvalue weighted by Crippen LogP contribution is 2.77. The van der Waals surface area contributed by atoms with Gasteiger partial charge in [0, 0.05) is 17.3 Å². The molecule has 156 valence electrons. The maximum atomic E-state index is 16.5. The van der Waals surface area contributed by atoms with Crippen LogP contribution in [0.1, 0.15) is 72.1 Å². The van der Waals surface area contributed by atoms with Gasteiger partial charge in [0.05, 0.1) is 18.8 Å². The Labute approximate surface area is 168 Å². The minimum atomic E-state index is -1.27. The van der Waals surface area contributed by atoms with Crippen molar-refractivity contribution in [1.29, 1.82) is 0 Å². The summed E-state index contributed by atoms with van der Waals surface area (Å²) in [6.07, 6.45) is 11.2. The first-order chi connectivity index (χ1) is 13.1. The van der Waals surface area contributed by atoms with Gasteiger partial charge in [0.25, 0.3) is 0 Å². The Morgan fingerprint density at radius 3 is 2.29 bits per heavy atom. The van der Waals surface area contributed by atoms with E-state index in [4.69, 9.17) is 9.47 Å². The number of alkyl halides is 1. The van der Waals surface area contributed by atoms with Crippen LogP contribution in [0, 0.1) is 34.0 Å². The van der Waals surface area contributed by atoms with E-state index in [0.717, 1.165) is 38.5 Å². The highest BCUT2D eigenvalue weighted by atomic mass is 19.1. The fourth-order valence-corrected chi connectivity index (χ4v) is 9.54. The van der Waals surface area contributed by atoms with E-state index in [1.54, 1.807) is 0 Å². The summed E-state index contributed by atoms with van der Waals surface area (Å²) >= 11 is 0. The molecule has 28 heavy (non-hydrogen) atoms. The van der Waals surface area contributed by atoms with Gasteiger partial charge >= 0.3 is 0 Å². The highest BCUT2D eigenvalue weighted by Gasteiger charge is 2.76. The van der Waals surface area contributed by atoms with Gasteiger partial charge in [-0.3, -0.25) is 0 Å². The molecule has 0 aromatic rings. The van der Waals surface area contributed by atoms with Crippen molar-refractivity contribution in [2.75, 3.05) is 13.2 Å². The number of aliphatic hydroxyl groups is 1. The number of hydrogen-bond acceptors (Lipinski definition) is 3. The third-order valence-corrected chi connectivity index (χ3v) is 10.6. The summed E-state index contributed by atoms with van der Waals surface area (Å²) in [6, 6.07) is 0. The number of rotatable bonds is 0. The Morgan fingerprint density at radius 2 is 1.61 bits per heavy atom. The number of halogens is 1. The zero-order valence-electron chi connectivity index (χ0n) is 17.6. The molecular formula is C24H35FO3. The normalized spacial score (nSPS) is 61.2. The standard InChI is InChI=1S/C24H35FO3/c1-19(26)7-4-17-16-5-8-21(3)18(6-9-24(21)27-12-13-28-24)20(16,2)15-23(25)11-10-22(17,23)14-19/h10-11,16-18,26H,4-9,12-15H2,1-3H3/t16-,17-,18+,19-,20-,21+,22?,23?/m1/s1. The summed E-state index contributed by atoms with van der Waals surface area (Å²) in [5, 5.41) is 10.8. The monoisotopic (exact) mass is 390 g/mol. The average Bonchev–Trinajstić information content (AvgIpc) is 3.21. The molecule has 2 spiro atoms. The van der Waals surface area contributed by atoms with Gasteiger partial charge in [-0.2, -0.15) is 0 Å². The topological polar surface area (TPSA) is 38.7 Å². The maximum absolute atomic E-state index is 16.5. The predicted octanol–water partition coefficient (Wildman–Crippen LogP) is 4.78. The predicted molar refractivity (Wildman–Crippen MR) is 104 cm³/mol. The second-order valence-corrected chi connectivity index (χ2v) is 11.8. The first-order valence-electron chi connectivity index (χ1n) is 11.5. The lowest BCUT2D eigenvalue weighted by atomic mass is 9.34. The third kappa shape index (κ3) is 1.84. The van der Waals surface area contributed by atoms with Crippen LogP contribution in [0.15, 0.2) is 12.2 Å². The molecule has 1 heterocycles. The Morgan fingerprint density at radius 1 is 0.893 bits per heavy atom. The van der Waals surface area contributed by atoms with E-state index < -0.39 is 22.5 Å². The molecule has 0 bridgehead atoms. The fourth-order valence-electron chi connectivity index (χ4n) is 9.54. The van der Waals surface area contributed by atoms with Crippen molar-refractivity contribution in [3.05, 3.63) is 12.2 Å². The van der Waals surface area contributed by atoms with Gasteiger partial charge in [0.1, 0.15) is 5.67 Å². The zero-order valence-corrected chi connectivity index (χ0v) is 17.6. The van der Waals surface area contributed by atoms with E-state index >= 15 is 4.39 Å². The third-order valence-electron chi connectivity index (χ3n) is 10.6. The Kier molecular flexibility index (Phi) is 3.31. The Bertz CT molecular complexity index is 742. The molecule has 1 saturated heterocycles. The van der Waals surface area contributed by atoms with E-state index in [9.17, 15) is 5.11 Å². The maximum Gasteiger partial charge on any atom is 0.174 e. The van der Waals surface area contributed by atoms with Gasteiger partial charge in [0.15, 0.2) is 5.79 Å². The number of allylic oxidation sites excluding steroid dienone is 2. The van der Waals surface area contributed by atoms with Crippen molar-refractivity contribution in [2.24, 2.45) is 34.0 Å². The van der Waals surface area contributed by atoms with Crippen LogP contribution in [0.4, 0.5) is 4.39 Å². The summed E-state index contributed by atoms with van der Waals surface area (Å²) in [5.41, 5.74) is -2.48. The summed E-state index contributed by atoms with van der Waals surface area (Å²) < 4.78 is 29.0. The molecule has 0 aromatic carbocycles. The van der Waals surface area contributed by atoms with Gasteiger partial charge in [-0.05, 0) is 75.0 Å². The van der Waals surface area contributed by atoms with Crippen molar-refractivity contribution in [3.8, 4) is 0 Å². The number of hydrogen-bond donors (Lipinski definition) is 1. The van der Waals surface area contributed by atoms with Crippen LogP contribution in [-0.4, -0.2) is 35.4 Å². The summed E-state index contributed by atoms with van der Waals surface area (Å²) in [7, 11) is 0. The molecule has 6 aliphatic rings. The molecule has 0 radical (unpaired) electrons. The van der Waals surface area contributed by atoms with Crippen molar-refractivity contribution in [1.82, 2.24) is 0 Å². The van der Waals surface area contributed by atoms with Gasteiger partial charge < -0.3 is 14.6 Å². The molecular weight excluding hydrogens is 355 g/mol. The summed E-state index contributed by atoms with van der Waals surface area (Å²) in [5.74, 6) is 0.897. The summed E-state index contributed by atoms with van der Waals surface area (Å²) in [4.78, 5) is 0. The van der Waals surface area contributed by atoms with Crippen LogP contribution in [-0.2, 0) is 9.47 Å². The largest absolute Gasteiger partial charge is 0.390 e. The minimum Gasteiger partial charge on any atom is -0.390 e. The van der Waals surface area contributed by atoms with Crippen LogP contribution < -0.4 is 0 Å². The molecule has 0 amide bonds. The van der Waals surface area contributed by atoms with Crippen LogP contribution in [0.2, 0.25) is 0 Å². The SMILES string of the molecule is C[C@@]1(O)CC[C@@H]2[C@H]3CC[C@@]4(C)[C@@H](CCC45OCCO5)[C@]3(C)CC3(F)C=CC23C1. The lowest BCUT2D eigenvalue weighted by Gasteiger charge is -2.71. The van der Waals surface area contributed by atoms with Gasteiger partial charge in [0.2, 0.25) is 0 Å². The molecule has 5 fully saturated rings. The molecule has 4 heteroatoms. The van der Waals surface area contributed by atoms with Gasteiger partial charge in [-0.1, -0.05) is 26.0 Å². The van der Waals surface area contributed by atoms with E-state index in [0.29, 0.717) is 43.8 Å². The molecule has 5 aliphatic carbocycles. The lowest BCUT2D eigenvalue weighted by Crippen LogP contribution is -2.70. The van der Waals surface area contributed by atoms with Crippen LogP contribution in [0.5, 0.6) is 0 Å². The Balaban J connectivity index is 1.42. The van der Waals surface area contributed by atoms with Crippen molar-refractivity contribution in [3.63, 3.8) is 0 Å². The second-order valence-electron chi connectivity index (χ2n) is 11.8. The number of fused-ring (bicyclic) bond motifs is 5. The molecule has 4 saturated carbocycles. The quantitative estimate of drug-likeness (QED) is 0.605. The van der Waals surface area contributed by atoms with Crippen LogP contribution in [0.3, 0.4) is 0 Å². The molecule has 6 rings (SSSR count). The van der Waals surface area contributed by atoms with E-state index in [-0.39, 0.29) is 10.8 Å². The zero-order chi connectivity index (χ0) is 19.6. The van der Waals surface area contributed by atoms with E-state index in [1.165, 1.54) is 0 Å². The molecule has 1 N–H and O–H groups in total. The Hall–Kier alpha value is -0.450. The molecule has 1 aliphatic heterocycles. The number of ether oxygens (including phenoxy) is 2. The van der Waals surface area contributed by atoms with Crippen molar-refractivity contribution in [2.45, 2.75) is 89.2 Å². The van der Waals surface area contributed by atoms with E-state index in [1.807, 2.05) is 13.0 Å². The second kappa shape index (κ2) is 5.06. The lowest BCUT2D eigenvalue weighted by molar-refractivity contribution is -0.274. The van der Waals surface area contributed by atoms with Crippen LogP contribution in [0.25, 0.3) is 0 Å². The first-order valence-corrected chi connectivity index (χ1v) is 11.5. The molecule has 3 nitrogen and oxygen atoms in total. The van der Waals surface area contributed by atoms with Crippen LogP contribution >= 0.6 is 0 Å². The first kappa shape index (κ1) is 18.3. The molecule has 0 aromatic heterocycles. The minimum absolute atomic E-state index is 0.0151. The van der Waals surface area contributed by atoms with Gasteiger partial charge in [-0.15, -0.1) is 0 Å². The summed E-state index contributed by atoms with van der Waals surface area (Å²) in [6.45, 7) is 8.05. The highest BCUT2D eigenvalue weighted by molar-refractivity contribution is 5.37. The van der Waals surface area contributed by atoms with E-state index in [2.05, 4.69) is 19.9 Å². The van der Waals surface area contributed by atoms with Gasteiger partial charge in [-0.25, -0.2) is 4.39 Å². The molecule has 2 unspecified atom stereocenters. The van der Waals surface area contributed by atoms with Crippen molar-refractivity contribution < 1.29 is 19.0 Å². The van der Waals surface area contributed by atoms with Crippen molar-refractivity contribution >= 4 is 0 Å². The average molecular weight is 391 g/mol. The smallest absolute Gasteiger partial charge is 0.174 e. The molecule has 8 atom stereocenters. The fraction of sp³-hybridized carbons (Fsp3) is 0.917.